The van der Waals surface area contributed by atoms with E-state index in [2.05, 4.69) is 15.6 Å². The Hall–Kier alpha value is -2.84. The molecule has 2 rings (SSSR count). The molecule has 1 aromatic heterocycles. The van der Waals surface area contributed by atoms with Crippen LogP contribution in [-0.2, 0) is 11.3 Å². The number of urea groups is 1. The number of pyridine rings is 1. The predicted molar refractivity (Wildman–Crippen MR) is 106 cm³/mol. The van der Waals surface area contributed by atoms with Crippen molar-refractivity contribution in [1.29, 1.82) is 0 Å². The summed E-state index contributed by atoms with van der Waals surface area (Å²) in [6, 6.07) is 10.2. The molecule has 0 aliphatic rings. The zero-order valence-corrected chi connectivity index (χ0v) is 16.4. The molecule has 1 heterocycles. The molecular weight excluding hydrogens is 384 g/mol. The van der Waals surface area contributed by atoms with Crippen LogP contribution in [0.2, 0.25) is 5.02 Å². The van der Waals surface area contributed by atoms with Gasteiger partial charge < -0.3 is 20.1 Å². The van der Waals surface area contributed by atoms with Crippen LogP contribution in [-0.4, -0.2) is 47.3 Å². The van der Waals surface area contributed by atoms with Gasteiger partial charge in [0.1, 0.15) is 12.4 Å². The summed E-state index contributed by atoms with van der Waals surface area (Å²) in [5, 5.41) is 15.2. The first-order chi connectivity index (χ1) is 13.4. The van der Waals surface area contributed by atoms with Crippen molar-refractivity contribution in [2.75, 3.05) is 25.5 Å². The lowest BCUT2D eigenvalue weighted by Gasteiger charge is -2.18. The van der Waals surface area contributed by atoms with E-state index in [0.29, 0.717) is 22.9 Å². The van der Waals surface area contributed by atoms with Crippen molar-refractivity contribution in [3.8, 4) is 0 Å². The Morgan fingerprint density at radius 3 is 2.68 bits per heavy atom. The Bertz CT molecular complexity index is 799. The lowest BCUT2D eigenvalue weighted by molar-refractivity contribution is 0.146. The number of halogens is 1. The molecule has 3 N–H and O–H groups in total. The summed E-state index contributed by atoms with van der Waals surface area (Å²) < 4.78 is 5.04. The zero-order chi connectivity index (χ0) is 20.5. The van der Waals surface area contributed by atoms with E-state index in [1.165, 1.54) is 11.1 Å². The van der Waals surface area contributed by atoms with Crippen LogP contribution >= 0.6 is 11.6 Å². The highest BCUT2D eigenvalue weighted by atomic mass is 35.5. The van der Waals surface area contributed by atoms with Crippen LogP contribution < -0.4 is 10.6 Å². The van der Waals surface area contributed by atoms with Crippen molar-refractivity contribution >= 4 is 29.5 Å². The first-order valence-corrected chi connectivity index (χ1v) is 9.04. The fourth-order valence-corrected chi connectivity index (χ4v) is 2.39. The van der Waals surface area contributed by atoms with E-state index in [1.807, 2.05) is 18.2 Å². The van der Waals surface area contributed by atoms with Gasteiger partial charge in [0.15, 0.2) is 0 Å². The number of amides is 3. The summed E-state index contributed by atoms with van der Waals surface area (Å²) in [6.45, 7) is 2.17. The van der Waals surface area contributed by atoms with Gasteiger partial charge in [0.2, 0.25) is 0 Å². The molecule has 0 fully saturated rings. The molecule has 0 saturated carbocycles. The molecule has 28 heavy (non-hydrogen) atoms. The average molecular weight is 407 g/mol. The highest BCUT2D eigenvalue weighted by Gasteiger charge is 2.11. The molecular formula is C19H23ClN4O4. The van der Waals surface area contributed by atoms with Gasteiger partial charge in [-0.3, -0.25) is 5.32 Å². The van der Waals surface area contributed by atoms with Crippen LogP contribution in [0.15, 0.2) is 42.6 Å². The summed E-state index contributed by atoms with van der Waals surface area (Å²) in [7, 11) is 1.60. The first kappa shape index (κ1) is 21.5. The van der Waals surface area contributed by atoms with E-state index in [-0.39, 0.29) is 19.2 Å². The van der Waals surface area contributed by atoms with Crippen LogP contribution in [0.1, 0.15) is 24.2 Å². The lowest BCUT2D eigenvalue weighted by atomic mass is 10.2. The van der Waals surface area contributed by atoms with Crippen molar-refractivity contribution in [2.24, 2.45) is 0 Å². The van der Waals surface area contributed by atoms with Gasteiger partial charge in [-0.25, -0.2) is 14.6 Å². The van der Waals surface area contributed by atoms with Crippen LogP contribution in [0.4, 0.5) is 15.4 Å². The standard InChI is InChI=1S/C19H23ClN4O4/c1-13(25)14-7-8-17(21-11-14)23-19(27)28-10-9-24(2)18(26)22-12-15-5-3-4-6-16(15)20/h3-8,11,13,25H,9-10,12H2,1-2H3,(H,22,26)(H,21,23,27). The van der Waals surface area contributed by atoms with Gasteiger partial charge in [0.05, 0.1) is 12.6 Å². The number of aliphatic hydroxyl groups excluding tert-OH is 1. The van der Waals surface area contributed by atoms with Crippen LogP contribution in [0.25, 0.3) is 0 Å². The molecule has 0 bridgehead atoms. The number of rotatable bonds is 7. The van der Waals surface area contributed by atoms with Gasteiger partial charge in [-0.2, -0.15) is 0 Å². The summed E-state index contributed by atoms with van der Waals surface area (Å²) >= 11 is 6.05. The molecule has 2 aromatic rings. The number of hydrogen-bond acceptors (Lipinski definition) is 5. The number of anilines is 1. The average Bonchev–Trinajstić information content (AvgIpc) is 2.67. The minimum Gasteiger partial charge on any atom is -0.447 e. The monoisotopic (exact) mass is 406 g/mol. The molecule has 1 unspecified atom stereocenters. The first-order valence-electron chi connectivity index (χ1n) is 8.67. The number of nitrogens with zero attached hydrogens (tertiary/aromatic N) is 2. The molecule has 1 aromatic carbocycles. The van der Waals surface area contributed by atoms with Gasteiger partial charge in [-0.1, -0.05) is 35.9 Å². The third kappa shape index (κ3) is 6.71. The summed E-state index contributed by atoms with van der Waals surface area (Å²) in [6.07, 6.45) is 0.160. The van der Waals surface area contributed by atoms with Crippen LogP contribution in [0, 0.1) is 0 Å². The highest BCUT2D eigenvalue weighted by molar-refractivity contribution is 6.31. The lowest BCUT2D eigenvalue weighted by Crippen LogP contribution is -2.39. The number of nitrogens with one attached hydrogen (secondary N) is 2. The number of aromatic nitrogens is 1. The van der Waals surface area contributed by atoms with Gasteiger partial charge >= 0.3 is 12.1 Å². The summed E-state index contributed by atoms with van der Waals surface area (Å²) in [4.78, 5) is 29.3. The highest BCUT2D eigenvalue weighted by Crippen LogP contribution is 2.14. The van der Waals surface area contributed by atoms with Crippen molar-refractivity contribution < 1.29 is 19.4 Å². The maximum absolute atomic E-state index is 12.1. The summed E-state index contributed by atoms with van der Waals surface area (Å²) in [5.41, 5.74) is 1.46. The van der Waals surface area contributed by atoms with E-state index in [0.717, 1.165) is 5.56 Å². The third-order valence-electron chi connectivity index (χ3n) is 3.89. The number of carbonyl (C=O) groups excluding carboxylic acids is 2. The Morgan fingerprint density at radius 2 is 2.04 bits per heavy atom. The van der Waals surface area contributed by atoms with E-state index in [9.17, 15) is 14.7 Å². The normalized spacial score (nSPS) is 11.4. The van der Waals surface area contributed by atoms with Gasteiger partial charge in [-0.15, -0.1) is 0 Å². The quantitative estimate of drug-likeness (QED) is 0.655. The van der Waals surface area contributed by atoms with Crippen molar-refractivity contribution in [1.82, 2.24) is 15.2 Å². The number of likely N-dealkylation sites (N-methyl/N-ethyl adjacent to an activating group) is 1. The second-order valence-corrected chi connectivity index (χ2v) is 6.49. The number of hydrogen-bond donors (Lipinski definition) is 3. The van der Waals surface area contributed by atoms with E-state index in [1.54, 1.807) is 32.2 Å². The van der Waals surface area contributed by atoms with Crippen LogP contribution in [0.5, 0.6) is 0 Å². The molecule has 0 aliphatic heterocycles. The maximum atomic E-state index is 12.1. The molecule has 0 radical (unpaired) electrons. The second kappa shape index (κ2) is 10.5. The molecule has 0 spiro atoms. The number of benzene rings is 1. The number of carbonyl (C=O) groups is 2. The third-order valence-corrected chi connectivity index (χ3v) is 4.26. The molecule has 150 valence electrons. The molecule has 9 heteroatoms. The Balaban J connectivity index is 1.69. The largest absolute Gasteiger partial charge is 0.447 e. The minimum atomic E-state index is -0.679. The maximum Gasteiger partial charge on any atom is 0.412 e. The molecule has 1 atom stereocenters. The van der Waals surface area contributed by atoms with Gasteiger partial charge in [-0.05, 0) is 30.2 Å². The number of ether oxygens (including phenoxy) is 1. The van der Waals surface area contributed by atoms with Gasteiger partial charge in [0, 0.05) is 24.8 Å². The fraction of sp³-hybridized carbons (Fsp3) is 0.316. The fourth-order valence-electron chi connectivity index (χ4n) is 2.19. The van der Waals surface area contributed by atoms with E-state index in [4.69, 9.17) is 16.3 Å². The topological polar surface area (TPSA) is 104 Å². The van der Waals surface area contributed by atoms with Gasteiger partial charge in [0.25, 0.3) is 0 Å². The number of aliphatic hydroxyl groups is 1. The molecule has 0 saturated heterocycles. The van der Waals surface area contributed by atoms with E-state index >= 15 is 0 Å². The predicted octanol–water partition coefficient (Wildman–Crippen LogP) is 3.18. The van der Waals surface area contributed by atoms with Crippen molar-refractivity contribution in [2.45, 2.75) is 19.6 Å². The van der Waals surface area contributed by atoms with Crippen molar-refractivity contribution in [3.05, 3.63) is 58.7 Å². The second-order valence-electron chi connectivity index (χ2n) is 6.09. The molecule has 0 aliphatic carbocycles. The molecule has 8 nitrogen and oxygen atoms in total. The zero-order valence-electron chi connectivity index (χ0n) is 15.7. The Morgan fingerprint density at radius 1 is 1.29 bits per heavy atom. The Labute approximate surface area is 168 Å². The smallest absolute Gasteiger partial charge is 0.412 e. The summed E-state index contributed by atoms with van der Waals surface area (Å²) in [5.74, 6) is 0.306. The SMILES string of the molecule is CC(O)c1ccc(NC(=O)OCCN(C)C(=O)NCc2ccccc2Cl)nc1. The van der Waals surface area contributed by atoms with Crippen LogP contribution in [0.3, 0.4) is 0 Å². The molecule has 3 amide bonds. The minimum absolute atomic E-state index is 0.0214. The Kier molecular flexibility index (Phi) is 8.03. The van der Waals surface area contributed by atoms with Crippen molar-refractivity contribution in [3.63, 3.8) is 0 Å². The van der Waals surface area contributed by atoms with E-state index < -0.39 is 12.2 Å².